The molecular weight excluding hydrogens is 489 g/mol. The van der Waals surface area contributed by atoms with Crippen molar-refractivity contribution in [1.29, 1.82) is 0 Å². The van der Waals surface area contributed by atoms with Crippen molar-refractivity contribution in [2.24, 2.45) is 0 Å². The number of benzene rings is 2. The predicted molar refractivity (Wildman–Crippen MR) is 145 cm³/mol. The second-order valence-electron chi connectivity index (χ2n) is 10.4. The van der Waals surface area contributed by atoms with E-state index in [9.17, 15) is 14.0 Å². The van der Waals surface area contributed by atoms with E-state index in [1.165, 1.54) is 12.1 Å². The van der Waals surface area contributed by atoms with Crippen LogP contribution in [0.4, 0.5) is 9.18 Å². The molecule has 10 nitrogen and oxygen atoms in total. The minimum atomic E-state index is -0.560. The minimum absolute atomic E-state index is 0.237. The normalized spacial score (nSPS) is 11.9. The zero-order valence-corrected chi connectivity index (χ0v) is 22.4. The van der Waals surface area contributed by atoms with Crippen LogP contribution in [-0.4, -0.2) is 76.0 Å². The van der Waals surface area contributed by atoms with Crippen molar-refractivity contribution in [3.05, 3.63) is 47.8 Å². The summed E-state index contributed by atoms with van der Waals surface area (Å²) in [5.41, 5.74) is 2.62. The second kappa shape index (κ2) is 11.2. The fourth-order valence-corrected chi connectivity index (χ4v) is 4.03. The number of fused-ring (bicyclic) bond motifs is 2. The van der Waals surface area contributed by atoms with Gasteiger partial charge in [0, 0.05) is 37.1 Å². The van der Waals surface area contributed by atoms with Crippen LogP contribution in [0.1, 0.15) is 37.6 Å². The highest BCUT2D eigenvalue weighted by Crippen LogP contribution is 2.30. The molecular formula is C27H34FN7O3. The number of H-pyrrole nitrogens is 1. The quantitative estimate of drug-likeness (QED) is 0.286. The van der Waals surface area contributed by atoms with E-state index in [2.05, 4.69) is 20.8 Å². The number of nitrogens with zero attached hydrogens (tertiary/aromatic N) is 4. The van der Waals surface area contributed by atoms with Gasteiger partial charge in [0.15, 0.2) is 5.82 Å². The van der Waals surface area contributed by atoms with Gasteiger partial charge in [-0.1, -0.05) is 0 Å². The zero-order valence-electron chi connectivity index (χ0n) is 22.4. The summed E-state index contributed by atoms with van der Waals surface area (Å²) >= 11 is 0. The molecule has 0 radical (unpaired) electrons. The van der Waals surface area contributed by atoms with E-state index >= 15 is 0 Å². The number of amides is 2. The average Bonchev–Trinajstić information content (AvgIpc) is 3.41. The van der Waals surface area contributed by atoms with Crippen LogP contribution in [0.5, 0.6) is 0 Å². The van der Waals surface area contributed by atoms with E-state index in [0.717, 1.165) is 17.4 Å². The monoisotopic (exact) mass is 523 g/mol. The van der Waals surface area contributed by atoms with Crippen molar-refractivity contribution in [2.45, 2.75) is 39.3 Å². The van der Waals surface area contributed by atoms with E-state index in [0.29, 0.717) is 54.2 Å². The van der Waals surface area contributed by atoms with Crippen molar-refractivity contribution in [1.82, 2.24) is 35.3 Å². The first kappa shape index (κ1) is 27.1. The maximum Gasteiger partial charge on any atom is 0.407 e. The van der Waals surface area contributed by atoms with Gasteiger partial charge in [-0.15, -0.1) is 0 Å². The number of nitrogens with one attached hydrogen (secondary N) is 3. The summed E-state index contributed by atoms with van der Waals surface area (Å²) in [5.74, 6) is 0.0335. The Balaban J connectivity index is 1.51. The third kappa shape index (κ3) is 6.46. The first-order chi connectivity index (χ1) is 18.0. The number of likely N-dealkylation sites (N-methyl/N-ethyl adjacent to an activating group) is 1. The van der Waals surface area contributed by atoms with E-state index < -0.39 is 11.7 Å². The lowest BCUT2D eigenvalue weighted by Gasteiger charge is -2.19. The van der Waals surface area contributed by atoms with Crippen LogP contribution in [-0.2, 0) is 11.3 Å². The van der Waals surface area contributed by atoms with E-state index in [1.54, 1.807) is 45.0 Å². The second-order valence-corrected chi connectivity index (χ2v) is 10.4. The van der Waals surface area contributed by atoms with Gasteiger partial charge < -0.3 is 24.8 Å². The van der Waals surface area contributed by atoms with E-state index in [1.807, 2.05) is 23.6 Å². The number of halogens is 1. The number of alkyl carbamates (subject to hydrolysis) is 1. The zero-order chi connectivity index (χ0) is 27.4. The molecule has 2 aromatic heterocycles. The molecule has 0 bridgehead atoms. The van der Waals surface area contributed by atoms with Gasteiger partial charge in [0.25, 0.3) is 5.91 Å². The molecule has 2 aromatic carbocycles. The molecule has 0 aliphatic rings. The molecule has 2 heterocycles. The van der Waals surface area contributed by atoms with Gasteiger partial charge in [0.2, 0.25) is 0 Å². The topological polar surface area (TPSA) is 117 Å². The van der Waals surface area contributed by atoms with Crippen molar-refractivity contribution in [3.8, 4) is 11.5 Å². The molecule has 202 valence electrons. The molecule has 11 heteroatoms. The Morgan fingerprint density at radius 1 is 1.11 bits per heavy atom. The van der Waals surface area contributed by atoms with Crippen LogP contribution in [0.25, 0.3) is 33.5 Å². The third-order valence-electron chi connectivity index (χ3n) is 5.83. The van der Waals surface area contributed by atoms with Crippen LogP contribution in [0.3, 0.4) is 0 Å². The lowest BCUT2D eigenvalue weighted by molar-refractivity contribution is 0.0527. The Hall–Kier alpha value is -3.99. The maximum absolute atomic E-state index is 14.1. The van der Waals surface area contributed by atoms with Gasteiger partial charge >= 0.3 is 6.09 Å². The molecule has 0 aliphatic heterocycles. The average molecular weight is 524 g/mol. The first-order valence-corrected chi connectivity index (χ1v) is 12.6. The van der Waals surface area contributed by atoms with Gasteiger partial charge in [0.1, 0.15) is 17.1 Å². The Labute approximate surface area is 220 Å². The molecule has 4 aromatic rings. The smallest absolute Gasteiger partial charge is 0.407 e. The summed E-state index contributed by atoms with van der Waals surface area (Å²) in [5, 5.41) is 13.8. The van der Waals surface area contributed by atoms with Gasteiger partial charge in [-0.3, -0.25) is 9.89 Å². The molecule has 0 fully saturated rings. The highest BCUT2D eigenvalue weighted by atomic mass is 19.1. The first-order valence-electron chi connectivity index (χ1n) is 12.6. The number of rotatable bonds is 9. The molecule has 0 saturated carbocycles. The Morgan fingerprint density at radius 3 is 2.61 bits per heavy atom. The lowest BCUT2D eigenvalue weighted by atomic mass is 10.1. The number of hydrogen-bond acceptors (Lipinski definition) is 6. The molecule has 3 N–H and O–H groups in total. The molecule has 0 saturated heterocycles. The van der Waals surface area contributed by atoms with Gasteiger partial charge in [-0.05, 0) is 77.7 Å². The standard InChI is InChI=1S/C27H34FN7O3/c1-27(2,3)38-26(37)30-12-6-11-29-25(36)17-7-9-20-19(15-17)23(33-32-20)24-31-21-10-8-18(28)16-22(21)35(24)14-13-34(4)5/h7-10,15-16H,6,11-14H2,1-5H3,(H,29,36)(H,30,37)(H,32,33). The summed E-state index contributed by atoms with van der Waals surface area (Å²) in [6.07, 6.45) is 0.0671. The SMILES string of the molecule is CN(C)CCn1c(-c2n[nH]c3ccc(C(=O)NCCCNC(=O)OC(C)(C)C)cc23)nc2ccc(F)cc21. The van der Waals surface area contributed by atoms with Gasteiger partial charge in [-0.25, -0.2) is 14.2 Å². The number of aromatic amines is 1. The third-order valence-corrected chi connectivity index (χ3v) is 5.83. The van der Waals surface area contributed by atoms with Crippen molar-refractivity contribution in [2.75, 3.05) is 33.7 Å². The summed E-state index contributed by atoms with van der Waals surface area (Å²) in [7, 11) is 3.95. The Kier molecular flexibility index (Phi) is 7.96. The van der Waals surface area contributed by atoms with Crippen molar-refractivity contribution >= 4 is 33.9 Å². The van der Waals surface area contributed by atoms with Crippen LogP contribution in [0, 0.1) is 5.82 Å². The fraction of sp³-hybridized carbons (Fsp3) is 0.407. The van der Waals surface area contributed by atoms with Crippen LogP contribution < -0.4 is 10.6 Å². The highest BCUT2D eigenvalue weighted by Gasteiger charge is 2.20. The molecule has 2 amide bonds. The number of ether oxygens (including phenoxy) is 1. The summed E-state index contributed by atoms with van der Waals surface area (Å²) < 4.78 is 21.2. The predicted octanol–water partition coefficient (Wildman–Crippen LogP) is 3.92. The van der Waals surface area contributed by atoms with E-state index in [4.69, 9.17) is 9.72 Å². The summed E-state index contributed by atoms with van der Waals surface area (Å²) in [4.78, 5) is 31.4. The number of carbonyl (C=O) groups excluding carboxylic acids is 2. The number of hydrogen-bond donors (Lipinski definition) is 3. The number of carbonyl (C=O) groups is 2. The molecule has 4 rings (SSSR count). The van der Waals surface area contributed by atoms with Crippen molar-refractivity contribution < 1.29 is 18.7 Å². The highest BCUT2D eigenvalue weighted by molar-refractivity contribution is 6.01. The Morgan fingerprint density at radius 2 is 1.87 bits per heavy atom. The van der Waals surface area contributed by atoms with Gasteiger partial charge in [0.05, 0.1) is 16.6 Å². The molecule has 0 aliphatic carbocycles. The Bertz CT molecular complexity index is 1450. The van der Waals surface area contributed by atoms with Crippen molar-refractivity contribution in [3.63, 3.8) is 0 Å². The van der Waals surface area contributed by atoms with Crippen LogP contribution in [0.2, 0.25) is 0 Å². The minimum Gasteiger partial charge on any atom is -0.444 e. The molecule has 0 spiro atoms. The summed E-state index contributed by atoms with van der Waals surface area (Å²) in [6.45, 7) is 7.49. The largest absolute Gasteiger partial charge is 0.444 e. The molecule has 0 unspecified atom stereocenters. The van der Waals surface area contributed by atoms with Crippen LogP contribution >= 0.6 is 0 Å². The molecule has 38 heavy (non-hydrogen) atoms. The van der Waals surface area contributed by atoms with Gasteiger partial charge in [-0.2, -0.15) is 5.10 Å². The lowest BCUT2D eigenvalue weighted by Crippen LogP contribution is -2.34. The number of imidazole rings is 1. The maximum atomic E-state index is 14.1. The van der Waals surface area contributed by atoms with Crippen LogP contribution in [0.15, 0.2) is 36.4 Å². The number of aromatic nitrogens is 4. The fourth-order valence-electron chi connectivity index (χ4n) is 4.03. The van der Waals surface area contributed by atoms with E-state index in [-0.39, 0.29) is 11.7 Å². The molecule has 0 atom stereocenters. The summed E-state index contributed by atoms with van der Waals surface area (Å²) in [6, 6.07) is 9.83.